The molecule has 48 heavy (non-hydrogen) atoms. The highest BCUT2D eigenvalue weighted by molar-refractivity contribution is 5.80. The van der Waals surface area contributed by atoms with Crippen molar-refractivity contribution < 1.29 is 20.1 Å². The summed E-state index contributed by atoms with van der Waals surface area (Å²) in [4.78, 5) is 12.4. The first-order chi connectivity index (χ1) is 23.6. The number of carbonyl (C=O) groups is 1. The molecule has 0 spiro atoms. The number of rotatable bonds is 40. The lowest BCUT2D eigenvalue weighted by Crippen LogP contribution is -2.49. The minimum absolute atomic E-state index is 0.308. The first-order valence-corrected chi connectivity index (χ1v) is 21.8. The molecule has 0 rings (SSSR count). The van der Waals surface area contributed by atoms with Gasteiger partial charge in [-0.05, 0) is 12.8 Å². The summed E-state index contributed by atoms with van der Waals surface area (Å²) in [5.74, 6) is -0.468. The van der Waals surface area contributed by atoms with Crippen molar-refractivity contribution in [2.45, 2.75) is 263 Å². The molecular weight excluding hydrogens is 594 g/mol. The molecule has 0 heterocycles. The minimum Gasteiger partial charge on any atom is -0.394 e. The number of aliphatic hydroxyl groups is 3. The molecule has 5 heteroatoms. The van der Waals surface area contributed by atoms with E-state index in [2.05, 4.69) is 19.2 Å². The largest absolute Gasteiger partial charge is 0.394 e. The summed E-state index contributed by atoms with van der Waals surface area (Å²) >= 11 is 0. The van der Waals surface area contributed by atoms with Crippen molar-refractivity contribution in [2.75, 3.05) is 6.61 Å². The zero-order valence-corrected chi connectivity index (χ0v) is 32.6. The van der Waals surface area contributed by atoms with Crippen molar-refractivity contribution in [1.29, 1.82) is 0 Å². The molecule has 288 valence electrons. The van der Waals surface area contributed by atoms with Crippen LogP contribution < -0.4 is 5.32 Å². The van der Waals surface area contributed by atoms with Gasteiger partial charge in [-0.2, -0.15) is 0 Å². The van der Waals surface area contributed by atoms with Crippen molar-refractivity contribution >= 4 is 5.91 Å². The first kappa shape index (κ1) is 47.4. The van der Waals surface area contributed by atoms with Gasteiger partial charge in [-0.15, -0.1) is 0 Å². The van der Waals surface area contributed by atoms with Crippen LogP contribution in [-0.2, 0) is 4.79 Å². The van der Waals surface area contributed by atoms with E-state index in [9.17, 15) is 20.1 Å². The monoisotopic (exact) mass is 682 g/mol. The van der Waals surface area contributed by atoms with E-state index in [1.807, 2.05) is 0 Å². The van der Waals surface area contributed by atoms with Crippen LogP contribution in [0.25, 0.3) is 0 Å². The van der Waals surface area contributed by atoms with Crippen molar-refractivity contribution in [1.82, 2.24) is 5.32 Å². The smallest absolute Gasteiger partial charge is 0.249 e. The van der Waals surface area contributed by atoms with Crippen LogP contribution in [0.2, 0.25) is 0 Å². The second-order valence-corrected chi connectivity index (χ2v) is 15.3. The highest BCUT2D eigenvalue weighted by Gasteiger charge is 2.23. The molecule has 3 atom stereocenters. The van der Waals surface area contributed by atoms with E-state index in [0.717, 1.165) is 32.1 Å². The van der Waals surface area contributed by atoms with Gasteiger partial charge in [0.25, 0.3) is 0 Å². The fourth-order valence-corrected chi connectivity index (χ4v) is 7.02. The van der Waals surface area contributed by atoms with Gasteiger partial charge in [0.05, 0.1) is 18.8 Å². The topological polar surface area (TPSA) is 89.8 Å². The summed E-state index contributed by atoms with van der Waals surface area (Å²) in [7, 11) is 0. The maximum Gasteiger partial charge on any atom is 0.249 e. The molecule has 0 bridgehead atoms. The molecule has 0 aliphatic heterocycles. The predicted octanol–water partition coefficient (Wildman–Crippen LogP) is 12.3. The van der Waals surface area contributed by atoms with Crippen LogP contribution in [0.1, 0.15) is 245 Å². The number of aliphatic hydroxyl groups excluding tert-OH is 3. The molecule has 0 aliphatic rings. The van der Waals surface area contributed by atoms with E-state index in [0.29, 0.717) is 12.8 Å². The van der Waals surface area contributed by atoms with Crippen LogP contribution in [0.3, 0.4) is 0 Å². The maximum atomic E-state index is 12.4. The van der Waals surface area contributed by atoms with Crippen LogP contribution in [0, 0.1) is 0 Å². The molecule has 0 aromatic carbocycles. The van der Waals surface area contributed by atoms with E-state index in [4.69, 9.17) is 0 Å². The lowest BCUT2D eigenvalue weighted by molar-refractivity contribution is -0.131. The van der Waals surface area contributed by atoms with Crippen molar-refractivity contribution in [2.24, 2.45) is 0 Å². The Hall–Kier alpha value is -0.650. The first-order valence-electron chi connectivity index (χ1n) is 21.8. The lowest BCUT2D eigenvalue weighted by Gasteiger charge is -2.23. The average molecular weight is 682 g/mol. The number of nitrogens with one attached hydrogen (secondary N) is 1. The lowest BCUT2D eigenvalue weighted by atomic mass is 10.0. The van der Waals surface area contributed by atoms with Gasteiger partial charge in [0.15, 0.2) is 0 Å². The van der Waals surface area contributed by atoms with E-state index >= 15 is 0 Å². The van der Waals surface area contributed by atoms with Crippen molar-refractivity contribution in [3.05, 3.63) is 0 Å². The molecule has 1 amide bonds. The molecule has 0 saturated heterocycles. The number of hydrogen-bond donors (Lipinski definition) is 4. The number of carbonyl (C=O) groups excluding carboxylic acids is 1. The summed E-state index contributed by atoms with van der Waals surface area (Å²) in [6, 6.07) is -0.704. The third kappa shape index (κ3) is 33.8. The van der Waals surface area contributed by atoms with E-state index in [-0.39, 0.29) is 6.61 Å². The molecule has 0 aromatic rings. The fraction of sp³-hybridized carbons (Fsp3) is 0.977. The second-order valence-electron chi connectivity index (χ2n) is 15.3. The third-order valence-corrected chi connectivity index (χ3v) is 10.5. The molecule has 0 saturated carbocycles. The maximum absolute atomic E-state index is 12.4. The standard InChI is InChI=1S/C43H87NO4/c1-3-5-7-9-11-13-15-16-17-18-19-20-21-22-23-24-25-26-28-29-31-33-35-37-41(46)40(39-45)44-43(48)42(47)38-36-34-32-30-27-14-12-10-8-6-4-2/h40-42,45-47H,3-39H2,1-2H3,(H,44,48). The van der Waals surface area contributed by atoms with Gasteiger partial charge >= 0.3 is 0 Å². The Morgan fingerprint density at radius 3 is 0.938 bits per heavy atom. The second kappa shape index (κ2) is 39.1. The Balaban J connectivity index is 3.53. The Morgan fingerprint density at radius 1 is 0.417 bits per heavy atom. The van der Waals surface area contributed by atoms with Gasteiger partial charge in [0.2, 0.25) is 5.91 Å². The highest BCUT2D eigenvalue weighted by Crippen LogP contribution is 2.17. The molecule has 0 aromatic heterocycles. The summed E-state index contributed by atoms with van der Waals surface area (Å²) < 4.78 is 0. The summed E-state index contributed by atoms with van der Waals surface area (Å²) in [6.45, 7) is 4.23. The zero-order chi connectivity index (χ0) is 35.2. The number of amides is 1. The molecule has 5 nitrogen and oxygen atoms in total. The van der Waals surface area contributed by atoms with Gasteiger partial charge in [-0.25, -0.2) is 0 Å². The van der Waals surface area contributed by atoms with Crippen LogP contribution in [0.4, 0.5) is 0 Å². The van der Waals surface area contributed by atoms with Crippen LogP contribution in [-0.4, -0.2) is 46.1 Å². The van der Waals surface area contributed by atoms with Crippen LogP contribution >= 0.6 is 0 Å². The third-order valence-electron chi connectivity index (χ3n) is 10.5. The normalized spacial score (nSPS) is 13.5. The number of hydrogen-bond acceptors (Lipinski definition) is 4. The zero-order valence-electron chi connectivity index (χ0n) is 32.6. The fourth-order valence-electron chi connectivity index (χ4n) is 7.02. The predicted molar refractivity (Wildman–Crippen MR) is 209 cm³/mol. The van der Waals surface area contributed by atoms with Gasteiger partial charge in [-0.3, -0.25) is 4.79 Å². The SMILES string of the molecule is CCCCCCCCCCCCCCCCCCCCCCCCCC(O)C(CO)NC(=O)C(O)CCCCCCCCCCCCC. The molecule has 0 radical (unpaired) electrons. The van der Waals surface area contributed by atoms with Gasteiger partial charge < -0.3 is 20.6 Å². The van der Waals surface area contributed by atoms with E-state index < -0.39 is 24.2 Å². The van der Waals surface area contributed by atoms with Gasteiger partial charge in [-0.1, -0.05) is 232 Å². The summed E-state index contributed by atoms with van der Waals surface area (Å²) in [6.07, 6.45) is 44.0. The highest BCUT2D eigenvalue weighted by atomic mass is 16.3. The molecular formula is C43H87NO4. The van der Waals surface area contributed by atoms with E-state index in [1.54, 1.807) is 0 Å². The molecule has 3 unspecified atom stereocenters. The molecule has 0 fully saturated rings. The van der Waals surface area contributed by atoms with E-state index in [1.165, 1.54) is 186 Å². The Bertz CT molecular complexity index is 630. The van der Waals surface area contributed by atoms with Crippen LogP contribution in [0.5, 0.6) is 0 Å². The molecule has 4 N–H and O–H groups in total. The Labute approximate surface area is 300 Å². The average Bonchev–Trinajstić information content (AvgIpc) is 3.09. The van der Waals surface area contributed by atoms with Gasteiger partial charge in [0.1, 0.15) is 6.10 Å². The molecule has 0 aliphatic carbocycles. The number of unbranched alkanes of at least 4 members (excludes halogenated alkanes) is 32. The Kier molecular flexibility index (Phi) is 38.6. The van der Waals surface area contributed by atoms with Crippen LogP contribution in [0.15, 0.2) is 0 Å². The van der Waals surface area contributed by atoms with Gasteiger partial charge in [0, 0.05) is 0 Å². The van der Waals surface area contributed by atoms with Crippen molar-refractivity contribution in [3.63, 3.8) is 0 Å². The summed E-state index contributed by atoms with van der Waals surface area (Å²) in [5, 5.41) is 33.2. The van der Waals surface area contributed by atoms with Crippen molar-refractivity contribution in [3.8, 4) is 0 Å². The minimum atomic E-state index is -1.07. The Morgan fingerprint density at radius 2 is 0.667 bits per heavy atom. The summed E-state index contributed by atoms with van der Waals surface area (Å²) in [5.41, 5.74) is 0. The quantitative estimate of drug-likeness (QED) is 0.0485.